The average molecular weight is 140 g/mol. The molecule has 0 bridgehead atoms. The number of nitrogens with one attached hydrogen (secondary N) is 2. The smallest absolute Gasteiger partial charge is 0.0221 e. The second-order valence-electron chi connectivity index (χ2n) is 3.46. The molecule has 0 amide bonds. The van der Waals surface area contributed by atoms with E-state index in [9.17, 15) is 0 Å². The van der Waals surface area contributed by atoms with Crippen LogP contribution in [-0.4, -0.2) is 25.7 Å². The fraction of sp³-hybridized carbons (Fsp3) is 1.00. The Labute approximate surface area is 62.4 Å². The van der Waals surface area contributed by atoms with Gasteiger partial charge in [-0.3, -0.25) is 0 Å². The van der Waals surface area contributed by atoms with Crippen molar-refractivity contribution < 1.29 is 0 Å². The number of piperidine rings is 2. The van der Waals surface area contributed by atoms with Crippen molar-refractivity contribution in [3.05, 3.63) is 0 Å². The van der Waals surface area contributed by atoms with Crippen LogP contribution in [0, 0.1) is 5.92 Å². The first-order valence-electron chi connectivity index (χ1n) is 4.41. The van der Waals surface area contributed by atoms with Crippen LogP contribution in [0.1, 0.15) is 19.3 Å². The molecular weight excluding hydrogens is 124 g/mol. The summed E-state index contributed by atoms with van der Waals surface area (Å²) in [6.07, 6.45) is 4.23. The monoisotopic (exact) mass is 140 g/mol. The summed E-state index contributed by atoms with van der Waals surface area (Å²) >= 11 is 0. The van der Waals surface area contributed by atoms with Gasteiger partial charge in [0, 0.05) is 12.6 Å². The molecule has 2 aliphatic heterocycles. The quantitative estimate of drug-likeness (QED) is 0.507. The molecule has 0 radical (unpaired) electrons. The molecule has 0 aromatic rings. The molecule has 0 aromatic heterocycles. The number of rotatable bonds is 0. The highest BCUT2D eigenvalue weighted by atomic mass is 15.0. The van der Waals surface area contributed by atoms with E-state index in [2.05, 4.69) is 10.6 Å². The normalized spacial score (nSPS) is 40.8. The van der Waals surface area contributed by atoms with Gasteiger partial charge in [-0.1, -0.05) is 0 Å². The Kier molecular flexibility index (Phi) is 1.91. The molecule has 0 aromatic carbocycles. The SMILES string of the molecule is C1CN[C@@H]2CNCC[C@H]2C1. The molecule has 2 aliphatic rings. The van der Waals surface area contributed by atoms with Gasteiger partial charge >= 0.3 is 0 Å². The van der Waals surface area contributed by atoms with Gasteiger partial charge in [-0.15, -0.1) is 0 Å². The Balaban J connectivity index is 1.93. The maximum absolute atomic E-state index is 3.56. The molecular formula is C8H16N2. The van der Waals surface area contributed by atoms with Crippen LogP contribution in [0.4, 0.5) is 0 Å². The Morgan fingerprint density at radius 2 is 2.10 bits per heavy atom. The molecule has 0 unspecified atom stereocenters. The number of hydrogen-bond donors (Lipinski definition) is 2. The minimum atomic E-state index is 0.794. The lowest BCUT2D eigenvalue weighted by Gasteiger charge is -2.36. The highest BCUT2D eigenvalue weighted by Crippen LogP contribution is 2.21. The Bertz CT molecular complexity index is 87.8. The first-order chi connectivity index (χ1) is 4.97. The van der Waals surface area contributed by atoms with E-state index in [0.29, 0.717) is 0 Å². The van der Waals surface area contributed by atoms with Crippen molar-refractivity contribution in [2.24, 2.45) is 5.92 Å². The predicted octanol–water partition coefficient (Wildman–Crippen LogP) is 0.348. The van der Waals surface area contributed by atoms with Crippen LogP contribution in [0.3, 0.4) is 0 Å². The summed E-state index contributed by atoms with van der Waals surface area (Å²) in [5.41, 5.74) is 0. The minimum absolute atomic E-state index is 0.794. The summed E-state index contributed by atoms with van der Waals surface area (Å²) in [6, 6.07) is 0.794. The van der Waals surface area contributed by atoms with E-state index >= 15 is 0 Å². The molecule has 2 heterocycles. The second-order valence-corrected chi connectivity index (χ2v) is 3.46. The molecule has 2 N–H and O–H groups in total. The number of fused-ring (bicyclic) bond motifs is 1. The zero-order valence-corrected chi connectivity index (χ0v) is 6.40. The van der Waals surface area contributed by atoms with E-state index in [1.165, 1.54) is 38.9 Å². The van der Waals surface area contributed by atoms with Crippen molar-refractivity contribution in [2.45, 2.75) is 25.3 Å². The molecule has 2 heteroatoms. The Morgan fingerprint density at radius 3 is 3.00 bits per heavy atom. The largest absolute Gasteiger partial charge is 0.315 e. The minimum Gasteiger partial charge on any atom is -0.315 e. The van der Waals surface area contributed by atoms with Crippen molar-refractivity contribution in [2.75, 3.05) is 19.6 Å². The first-order valence-corrected chi connectivity index (χ1v) is 4.41. The number of hydrogen-bond acceptors (Lipinski definition) is 2. The van der Waals surface area contributed by atoms with Gasteiger partial charge in [0.2, 0.25) is 0 Å². The summed E-state index contributed by atoms with van der Waals surface area (Å²) < 4.78 is 0. The van der Waals surface area contributed by atoms with E-state index in [1.807, 2.05) is 0 Å². The van der Waals surface area contributed by atoms with Crippen molar-refractivity contribution in [1.29, 1.82) is 0 Å². The zero-order valence-electron chi connectivity index (χ0n) is 6.40. The molecule has 2 rings (SSSR count). The Hall–Kier alpha value is -0.0800. The fourth-order valence-corrected chi connectivity index (χ4v) is 2.15. The molecule has 2 saturated heterocycles. The van der Waals surface area contributed by atoms with Crippen LogP contribution in [-0.2, 0) is 0 Å². The van der Waals surface area contributed by atoms with Gasteiger partial charge in [0.15, 0.2) is 0 Å². The van der Waals surface area contributed by atoms with Gasteiger partial charge < -0.3 is 10.6 Å². The van der Waals surface area contributed by atoms with Gasteiger partial charge in [0.25, 0.3) is 0 Å². The van der Waals surface area contributed by atoms with E-state index in [-0.39, 0.29) is 0 Å². The topological polar surface area (TPSA) is 24.1 Å². The van der Waals surface area contributed by atoms with Crippen LogP contribution >= 0.6 is 0 Å². The van der Waals surface area contributed by atoms with Gasteiger partial charge in [-0.25, -0.2) is 0 Å². The zero-order chi connectivity index (χ0) is 6.81. The lowest BCUT2D eigenvalue weighted by molar-refractivity contribution is 0.225. The third-order valence-corrected chi connectivity index (χ3v) is 2.78. The average Bonchev–Trinajstić information content (AvgIpc) is 2.05. The van der Waals surface area contributed by atoms with Gasteiger partial charge in [-0.05, 0) is 38.3 Å². The van der Waals surface area contributed by atoms with Crippen LogP contribution < -0.4 is 10.6 Å². The summed E-state index contributed by atoms with van der Waals surface area (Å²) in [4.78, 5) is 0. The van der Waals surface area contributed by atoms with E-state index in [0.717, 1.165) is 12.0 Å². The third kappa shape index (κ3) is 1.18. The van der Waals surface area contributed by atoms with Gasteiger partial charge in [-0.2, -0.15) is 0 Å². The molecule has 0 spiro atoms. The fourth-order valence-electron chi connectivity index (χ4n) is 2.15. The van der Waals surface area contributed by atoms with Crippen LogP contribution in [0.25, 0.3) is 0 Å². The molecule has 10 heavy (non-hydrogen) atoms. The summed E-state index contributed by atoms with van der Waals surface area (Å²) in [5.74, 6) is 0.981. The molecule has 2 atom stereocenters. The van der Waals surface area contributed by atoms with Crippen molar-refractivity contribution in [1.82, 2.24) is 10.6 Å². The predicted molar refractivity (Wildman–Crippen MR) is 42.0 cm³/mol. The molecule has 0 aliphatic carbocycles. The first kappa shape index (κ1) is 6.62. The second kappa shape index (κ2) is 2.89. The standard InChI is InChI=1S/C8H16N2/c1-2-7-3-5-9-6-8(7)10-4-1/h7-10H,1-6H2/t7-,8-/m1/s1. The van der Waals surface area contributed by atoms with Crippen LogP contribution in [0.15, 0.2) is 0 Å². The highest BCUT2D eigenvalue weighted by molar-refractivity contribution is 4.86. The summed E-state index contributed by atoms with van der Waals surface area (Å²) in [6.45, 7) is 3.68. The third-order valence-electron chi connectivity index (χ3n) is 2.78. The van der Waals surface area contributed by atoms with E-state index in [4.69, 9.17) is 0 Å². The lowest BCUT2D eigenvalue weighted by Crippen LogP contribution is -2.51. The lowest BCUT2D eigenvalue weighted by atomic mass is 9.86. The molecule has 2 fully saturated rings. The summed E-state index contributed by atoms with van der Waals surface area (Å²) in [5, 5.41) is 6.98. The van der Waals surface area contributed by atoms with Gasteiger partial charge in [0.05, 0.1) is 0 Å². The summed E-state index contributed by atoms with van der Waals surface area (Å²) in [7, 11) is 0. The van der Waals surface area contributed by atoms with E-state index in [1.54, 1.807) is 0 Å². The van der Waals surface area contributed by atoms with E-state index < -0.39 is 0 Å². The highest BCUT2D eigenvalue weighted by Gasteiger charge is 2.26. The van der Waals surface area contributed by atoms with Gasteiger partial charge in [0.1, 0.15) is 0 Å². The molecule has 58 valence electrons. The van der Waals surface area contributed by atoms with Crippen LogP contribution in [0.5, 0.6) is 0 Å². The van der Waals surface area contributed by atoms with Crippen molar-refractivity contribution in [3.63, 3.8) is 0 Å². The molecule has 2 nitrogen and oxygen atoms in total. The van der Waals surface area contributed by atoms with Crippen molar-refractivity contribution >= 4 is 0 Å². The maximum Gasteiger partial charge on any atom is 0.0221 e. The molecule has 0 saturated carbocycles. The Morgan fingerprint density at radius 1 is 1.10 bits per heavy atom. The van der Waals surface area contributed by atoms with Crippen molar-refractivity contribution in [3.8, 4) is 0 Å². The maximum atomic E-state index is 3.56. The van der Waals surface area contributed by atoms with Crippen LogP contribution in [0.2, 0.25) is 0 Å².